The van der Waals surface area contributed by atoms with Gasteiger partial charge in [0.2, 0.25) is 0 Å². The highest BCUT2D eigenvalue weighted by Crippen LogP contribution is 2.67. The van der Waals surface area contributed by atoms with Crippen LogP contribution >= 0.6 is 0 Å². The zero-order valence-electron chi connectivity index (χ0n) is 20.0. The third-order valence-electron chi connectivity index (χ3n) is 10.6. The molecule has 0 aromatic carbocycles. The molecule has 1 N–H and O–H groups in total. The second kappa shape index (κ2) is 7.85. The van der Waals surface area contributed by atoms with Crippen LogP contribution < -0.4 is 0 Å². The van der Waals surface area contributed by atoms with Crippen molar-refractivity contribution in [1.82, 2.24) is 0 Å². The predicted octanol–water partition coefficient (Wildman–Crippen LogP) is 7.41. The molecule has 0 aromatic heterocycles. The monoisotopic (exact) mass is 398 g/mol. The minimum absolute atomic E-state index is 0.0866. The van der Waals surface area contributed by atoms with Crippen LogP contribution in [0.4, 0.5) is 0 Å². The van der Waals surface area contributed by atoms with Crippen LogP contribution in [0.25, 0.3) is 0 Å². The Balaban J connectivity index is 1.53. The maximum atomic E-state index is 10.2. The summed E-state index contributed by atoms with van der Waals surface area (Å²) in [5, 5.41) is 10.2. The van der Waals surface area contributed by atoms with E-state index in [-0.39, 0.29) is 6.10 Å². The average Bonchev–Trinajstić information content (AvgIpc) is 3.03. The highest BCUT2D eigenvalue weighted by molar-refractivity contribution is 5.25. The van der Waals surface area contributed by atoms with Crippen LogP contribution in [-0.2, 0) is 0 Å². The molecular formula is C28H46O. The van der Waals surface area contributed by atoms with Crippen LogP contribution in [0.1, 0.15) is 92.9 Å². The molecule has 0 spiro atoms. The van der Waals surface area contributed by atoms with Gasteiger partial charge >= 0.3 is 0 Å². The first-order valence-corrected chi connectivity index (χ1v) is 12.7. The summed E-state index contributed by atoms with van der Waals surface area (Å²) < 4.78 is 0. The molecule has 0 amide bonds. The molecule has 3 fully saturated rings. The Hall–Kier alpha value is -0.560. The fourth-order valence-corrected chi connectivity index (χ4v) is 8.25. The molecule has 1 heteroatoms. The maximum absolute atomic E-state index is 10.2. The second-order valence-electron chi connectivity index (χ2n) is 12.2. The number of rotatable bonds is 4. The van der Waals surface area contributed by atoms with Crippen molar-refractivity contribution < 1.29 is 5.11 Å². The van der Waals surface area contributed by atoms with E-state index in [1.54, 1.807) is 5.57 Å². The van der Waals surface area contributed by atoms with E-state index >= 15 is 0 Å². The second-order valence-corrected chi connectivity index (χ2v) is 12.2. The zero-order valence-corrected chi connectivity index (χ0v) is 20.0. The third-order valence-corrected chi connectivity index (χ3v) is 10.6. The van der Waals surface area contributed by atoms with Crippen molar-refractivity contribution in [3.63, 3.8) is 0 Å². The first-order chi connectivity index (χ1) is 13.7. The molecule has 0 bridgehead atoms. The van der Waals surface area contributed by atoms with Crippen molar-refractivity contribution in [3.8, 4) is 0 Å². The van der Waals surface area contributed by atoms with Gasteiger partial charge in [0, 0.05) is 0 Å². The summed E-state index contributed by atoms with van der Waals surface area (Å²) in [5.74, 6) is 5.63. The topological polar surface area (TPSA) is 20.2 Å². The van der Waals surface area contributed by atoms with Gasteiger partial charge in [-0.2, -0.15) is 0 Å². The van der Waals surface area contributed by atoms with Gasteiger partial charge < -0.3 is 5.11 Å². The molecule has 0 unspecified atom stereocenters. The van der Waals surface area contributed by atoms with Crippen LogP contribution in [0, 0.1) is 52.3 Å². The molecule has 4 aliphatic carbocycles. The van der Waals surface area contributed by atoms with Crippen molar-refractivity contribution in [2.45, 2.75) is 99.0 Å². The van der Waals surface area contributed by atoms with Crippen molar-refractivity contribution in [2.75, 3.05) is 0 Å². The third kappa shape index (κ3) is 3.58. The molecule has 0 heterocycles. The van der Waals surface area contributed by atoms with Gasteiger partial charge in [0.15, 0.2) is 0 Å². The summed E-state index contributed by atoms with van der Waals surface area (Å²) in [6.07, 6.45) is 17.7. The molecule has 0 radical (unpaired) electrons. The average molecular weight is 399 g/mol. The predicted molar refractivity (Wildman–Crippen MR) is 124 cm³/mol. The summed E-state index contributed by atoms with van der Waals surface area (Å²) in [6.45, 7) is 14.7. The van der Waals surface area contributed by atoms with Crippen LogP contribution in [0.3, 0.4) is 0 Å². The Labute approximate surface area is 180 Å². The van der Waals surface area contributed by atoms with E-state index in [1.165, 1.54) is 38.5 Å². The SMILES string of the molecule is CC(C)[C@H](C)/C=C/[C@@H](C)[C@H]1CC[C@H]2[C@@H]3CC=C4C[C@@H](O)CC[C@]4(C)[C@H]3CC[C@]12C. The number of hydrogen-bond donors (Lipinski definition) is 1. The van der Waals surface area contributed by atoms with Crippen LogP contribution in [0.15, 0.2) is 23.8 Å². The van der Waals surface area contributed by atoms with E-state index in [9.17, 15) is 5.11 Å². The molecule has 0 aliphatic heterocycles. The number of hydrogen-bond acceptors (Lipinski definition) is 1. The first-order valence-electron chi connectivity index (χ1n) is 12.7. The number of allylic oxidation sites excluding steroid dienone is 3. The Bertz CT molecular complexity index is 659. The highest BCUT2D eigenvalue weighted by atomic mass is 16.3. The molecule has 9 atom stereocenters. The van der Waals surface area contributed by atoms with Gasteiger partial charge in [0.1, 0.15) is 0 Å². The quantitative estimate of drug-likeness (QED) is 0.489. The van der Waals surface area contributed by atoms with Crippen molar-refractivity contribution in [1.29, 1.82) is 0 Å². The highest BCUT2D eigenvalue weighted by Gasteiger charge is 2.58. The fourth-order valence-electron chi connectivity index (χ4n) is 8.25. The van der Waals surface area contributed by atoms with Crippen LogP contribution in [-0.4, -0.2) is 11.2 Å². The van der Waals surface area contributed by atoms with Gasteiger partial charge in [-0.1, -0.05) is 65.3 Å². The molecule has 0 saturated heterocycles. The lowest BCUT2D eigenvalue weighted by Crippen LogP contribution is -2.50. The van der Waals surface area contributed by atoms with Gasteiger partial charge in [0.05, 0.1) is 6.10 Å². The molecular weight excluding hydrogens is 352 g/mol. The van der Waals surface area contributed by atoms with Crippen molar-refractivity contribution >= 4 is 0 Å². The van der Waals surface area contributed by atoms with E-state index in [2.05, 4.69) is 59.8 Å². The van der Waals surface area contributed by atoms with E-state index in [0.29, 0.717) is 22.7 Å². The molecule has 4 rings (SSSR count). The Morgan fingerprint density at radius 2 is 1.72 bits per heavy atom. The first kappa shape index (κ1) is 21.7. The standard InChI is InChI=1S/C28H46O/c1-18(2)19(3)7-8-20(4)24-11-12-25-23-10-9-21-17-22(29)13-15-27(21,5)26(23)14-16-28(24,25)6/h7-9,18-20,22-26,29H,10-17H2,1-6H3/b8-7+/t19-,20-,22+,23+,24-,25+,26+,27+,28-/m1/s1. The smallest absolute Gasteiger partial charge is 0.0577 e. The molecule has 29 heavy (non-hydrogen) atoms. The van der Waals surface area contributed by atoms with Gasteiger partial charge in [0.25, 0.3) is 0 Å². The number of fused-ring (bicyclic) bond motifs is 5. The lowest BCUT2D eigenvalue weighted by molar-refractivity contribution is -0.0540. The van der Waals surface area contributed by atoms with Crippen LogP contribution in [0.5, 0.6) is 0 Å². The van der Waals surface area contributed by atoms with Gasteiger partial charge in [-0.3, -0.25) is 0 Å². The fraction of sp³-hybridized carbons (Fsp3) is 0.857. The van der Waals surface area contributed by atoms with E-state index < -0.39 is 0 Å². The Morgan fingerprint density at radius 3 is 2.45 bits per heavy atom. The van der Waals surface area contributed by atoms with E-state index in [4.69, 9.17) is 0 Å². The Morgan fingerprint density at radius 1 is 0.966 bits per heavy atom. The lowest BCUT2D eigenvalue weighted by atomic mass is 9.47. The summed E-state index contributed by atoms with van der Waals surface area (Å²) in [5.41, 5.74) is 2.51. The minimum atomic E-state index is -0.0866. The summed E-state index contributed by atoms with van der Waals surface area (Å²) in [4.78, 5) is 0. The molecule has 4 aliphatic rings. The van der Waals surface area contributed by atoms with Crippen LogP contribution in [0.2, 0.25) is 0 Å². The minimum Gasteiger partial charge on any atom is -0.393 e. The molecule has 3 saturated carbocycles. The van der Waals surface area contributed by atoms with Crippen molar-refractivity contribution in [2.24, 2.45) is 52.3 Å². The lowest BCUT2D eigenvalue weighted by Gasteiger charge is -2.58. The Kier molecular flexibility index (Phi) is 5.86. The van der Waals surface area contributed by atoms with Gasteiger partial charge in [-0.25, -0.2) is 0 Å². The summed E-state index contributed by atoms with van der Waals surface area (Å²) >= 11 is 0. The molecule has 1 nitrogen and oxygen atoms in total. The molecule has 0 aromatic rings. The zero-order chi connectivity index (χ0) is 21.0. The number of aliphatic hydroxyl groups is 1. The summed E-state index contributed by atoms with van der Waals surface area (Å²) in [7, 11) is 0. The molecule has 164 valence electrons. The normalized spacial score (nSPS) is 46.8. The van der Waals surface area contributed by atoms with E-state index in [0.717, 1.165) is 42.4 Å². The van der Waals surface area contributed by atoms with Crippen molar-refractivity contribution in [3.05, 3.63) is 23.8 Å². The largest absolute Gasteiger partial charge is 0.393 e. The summed E-state index contributed by atoms with van der Waals surface area (Å²) in [6, 6.07) is 0. The van der Waals surface area contributed by atoms with Gasteiger partial charge in [-0.15, -0.1) is 0 Å². The van der Waals surface area contributed by atoms with E-state index in [1.807, 2.05) is 0 Å². The number of aliphatic hydroxyl groups excluding tert-OH is 1. The maximum Gasteiger partial charge on any atom is 0.0577 e. The van der Waals surface area contributed by atoms with Gasteiger partial charge in [-0.05, 0) is 104 Å².